The average molecular weight is 847 g/mol. The molecule has 2 N–H and O–H groups in total. The number of ether oxygens (including phenoxy) is 2. The number of nitrogens with two attached hydrogens (primary N) is 1. The Balaban J connectivity index is 0.000000300. The van der Waals surface area contributed by atoms with Gasteiger partial charge in [0, 0.05) is 10.9 Å². The number of para-hydroxylation sites is 1. The molecule has 2 saturated carbocycles. The first-order valence-electron chi connectivity index (χ1n) is 20.0. The van der Waals surface area contributed by atoms with Crippen molar-refractivity contribution in [2.45, 2.75) is 135 Å². The number of hydrogen-bond donors (Lipinski definition) is 1. The molecule has 0 bridgehead atoms. The van der Waals surface area contributed by atoms with E-state index in [0.29, 0.717) is 17.8 Å². The summed E-state index contributed by atoms with van der Waals surface area (Å²) in [5, 5.41) is 1.52. The second-order valence-electron chi connectivity index (χ2n) is 15.8. The molecule has 4 aromatic rings. The van der Waals surface area contributed by atoms with Crippen LogP contribution < -0.4 is 24.5 Å². The molecule has 2 fully saturated rings. The van der Waals surface area contributed by atoms with E-state index in [1.807, 2.05) is 56.7 Å². The maximum atomic E-state index is 6.29. The summed E-state index contributed by atoms with van der Waals surface area (Å²) < 4.78 is 13.7. The van der Waals surface area contributed by atoms with Crippen LogP contribution in [0.3, 0.4) is 0 Å². The molecule has 6 rings (SSSR count). The van der Waals surface area contributed by atoms with Crippen molar-refractivity contribution in [1.29, 1.82) is 0 Å². The first kappa shape index (κ1) is 41.8. The first-order valence-corrected chi connectivity index (χ1v) is 24.2. The number of anilines is 1. The van der Waals surface area contributed by atoms with Crippen LogP contribution in [-0.2, 0) is 17.0 Å². The number of hydrogen-bond acceptors (Lipinski definition) is 3. The fourth-order valence-corrected chi connectivity index (χ4v) is 13.9. The SMILES string of the molecule is COc1ccc(OC)c(P(C2CCCCC2)C2CCCCC2)c1-c1c(C(C)C)cc(C(C)C)cc1C(C)C.Nc1ccccc1-c1cccc[c]1[Pd][Cl]. The zero-order valence-corrected chi connectivity index (χ0v) is 36.6. The standard InChI is InChI=1S/C35H53O2P.C12H10N.ClH.Pd/c1-23(2)26-21-29(24(3)4)33(30(22-26)25(5)6)34-31(36-7)19-20-32(37-8)35(34)38(27-15-11-9-12-16-27)28-17-13-10-14-18-28;13-12-9-5-4-8-11(12)10-6-2-1-3-7-10;;/h19-25,27-28H,9-18H2,1-8H3;1-6,8-9H,13H2;1H;/q;;;+1/p-1. The minimum absolute atomic E-state index is 0.0778. The van der Waals surface area contributed by atoms with E-state index in [2.05, 4.69) is 71.9 Å². The van der Waals surface area contributed by atoms with Gasteiger partial charge in [0.25, 0.3) is 0 Å². The molecule has 2 aliphatic carbocycles. The number of benzene rings is 4. The molecule has 0 spiro atoms. The van der Waals surface area contributed by atoms with E-state index >= 15 is 0 Å². The Morgan fingerprint density at radius 2 is 1.11 bits per heavy atom. The molecular weight excluding hydrogens is 783 g/mol. The van der Waals surface area contributed by atoms with Crippen LogP contribution in [0.15, 0.2) is 72.8 Å². The number of nitrogen functional groups attached to an aromatic ring is 1. The molecule has 3 nitrogen and oxygen atoms in total. The molecule has 0 radical (unpaired) electrons. The molecule has 0 atom stereocenters. The van der Waals surface area contributed by atoms with Crippen LogP contribution in [0.25, 0.3) is 22.3 Å². The Morgan fingerprint density at radius 3 is 1.58 bits per heavy atom. The Hall–Kier alpha value is -2.34. The predicted molar refractivity (Wildman–Crippen MR) is 229 cm³/mol. The number of halogens is 1. The van der Waals surface area contributed by atoms with E-state index in [1.165, 1.54) is 97.3 Å². The second-order valence-corrected chi connectivity index (χ2v) is 20.4. The van der Waals surface area contributed by atoms with Gasteiger partial charge in [0.15, 0.2) is 0 Å². The molecule has 0 saturated heterocycles. The Morgan fingerprint density at radius 1 is 0.623 bits per heavy atom. The summed E-state index contributed by atoms with van der Waals surface area (Å²) in [5.74, 6) is 3.50. The Labute approximate surface area is 335 Å². The van der Waals surface area contributed by atoms with Crippen molar-refractivity contribution in [3.8, 4) is 33.8 Å². The molecule has 0 aliphatic heterocycles. The van der Waals surface area contributed by atoms with Crippen molar-refractivity contribution >= 4 is 32.5 Å². The molecule has 2 aliphatic rings. The van der Waals surface area contributed by atoms with E-state index in [0.717, 1.165) is 43.7 Å². The molecule has 0 amide bonds. The van der Waals surface area contributed by atoms with Crippen molar-refractivity contribution < 1.29 is 26.4 Å². The van der Waals surface area contributed by atoms with Crippen LogP contribution in [0, 0.1) is 0 Å². The van der Waals surface area contributed by atoms with E-state index in [9.17, 15) is 0 Å². The van der Waals surface area contributed by atoms with Crippen LogP contribution in [0.5, 0.6) is 11.5 Å². The molecule has 0 aromatic heterocycles. The van der Waals surface area contributed by atoms with Crippen LogP contribution in [0.2, 0.25) is 0 Å². The summed E-state index contributed by atoms with van der Waals surface area (Å²) in [4.78, 5) is 0. The second kappa shape index (κ2) is 20.0. The summed E-state index contributed by atoms with van der Waals surface area (Å²) >= 11 is 0.0778. The fraction of sp³-hybridized carbons (Fsp3) is 0.489. The predicted octanol–water partition coefficient (Wildman–Crippen LogP) is 13.3. The zero-order chi connectivity index (χ0) is 38.1. The third kappa shape index (κ3) is 9.92. The van der Waals surface area contributed by atoms with Gasteiger partial charge in [0.05, 0.1) is 14.2 Å². The number of rotatable bonds is 11. The molecule has 0 unspecified atom stereocenters. The van der Waals surface area contributed by atoms with Crippen molar-refractivity contribution in [1.82, 2.24) is 0 Å². The Kier molecular flexibility index (Phi) is 15.8. The molecule has 0 heterocycles. The maximum absolute atomic E-state index is 6.29. The van der Waals surface area contributed by atoms with Crippen LogP contribution in [0.1, 0.15) is 140 Å². The minimum atomic E-state index is -0.373. The van der Waals surface area contributed by atoms with E-state index in [-0.39, 0.29) is 24.9 Å². The van der Waals surface area contributed by atoms with Gasteiger partial charge < -0.3 is 9.47 Å². The molecular formula is C47H63ClNO2PPd. The molecule has 6 heteroatoms. The summed E-state index contributed by atoms with van der Waals surface area (Å²) in [5.41, 5.74) is 17.7. The molecule has 53 heavy (non-hydrogen) atoms. The van der Waals surface area contributed by atoms with Gasteiger partial charge in [-0.3, -0.25) is 0 Å². The summed E-state index contributed by atoms with van der Waals surface area (Å²) in [6.07, 6.45) is 13.8. The third-order valence-corrected chi connectivity index (χ3v) is 16.6. The molecule has 290 valence electrons. The van der Waals surface area contributed by atoms with Crippen molar-refractivity contribution in [3.63, 3.8) is 0 Å². The van der Waals surface area contributed by atoms with Crippen LogP contribution in [-0.4, -0.2) is 25.5 Å². The zero-order valence-electron chi connectivity index (χ0n) is 33.4. The third-order valence-electron chi connectivity index (χ3n) is 11.3. The quantitative estimate of drug-likeness (QED) is 0.0929. The van der Waals surface area contributed by atoms with Gasteiger partial charge in [-0.2, -0.15) is 0 Å². The number of methoxy groups -OCH3 is 2. The van der Waals surface area contributed by atoms with Crippen molar-refractivity contribution in [2.24, 2.45) is 0 Å². The van der Waals surface area contributed by atoms with Crippen LogP contribution in [0.4, 0.5) is 5.69 Å². The van der Waals surface area contributed by atoms with E-state index < -0.39 is 0 Å². The normalized spacial score (nSPS) is 15.6. The van der Waals surface area contributed by atoms with Gasteiger partial charge in [-0.1, -0.05) is 100 Å². The monoisotopic (exact) mass is 845 g/mol. The van der Waals surface area contributed by atoms with Gasteiger partial charge >= 0.3 is 102 Å². The van der Waals surface area contributed by atoms with Gasteiger partial charge in [-0.25, -0.2) is 0 Å². The topological polar surface area (TPSA) is 44.5 Å². The van der Waals surface area contributed by atoms with E-state index in [1.54, 1.807) is 0 Å². The average Bonchev–Trinajstić information content (AvgIpc) is 3.18. The summed E-state index contributed by atoms with van der Waals surface area (Å²) in [6.45, 7) is 14.1. The van der Waals surface area contributed by atoms with E-state index in [4.69, 9.17) is 24.7 Å². The summed E-state index contributed by atoms with van der Waals surface area (Å²) in [6, 6.07) is 25.4. The first-order chi connectivity index (χ1) is 25.6. The van der Waals surface area contributed by atoms with Crippen molar-refractivity contribution in [2.75, 3.05) is 20.0 Å². The van der Waals surface area contributed by atoms with Gasteiger partial charge in [0.2, 0.25) is 0 Å². The van der Waals surface area contributed by atoms with Gasteiger partial charge in [-0.15, -0.1) is 0 Å². The van der Waals surface area contributed by atoms with Gasteiger partial charge in [0.1, 0.15) is 11.5 Å². The fourth-order valence-electron chi connectivity index (χ4n) is 8.47. The van der Waals surface area contributed by atoms with Crippen molar-refractivity contribution in [3.05, 3.63) is 89.5 Å². The van der Waals surface area contributed by atoms with Gasteiger partial charge in [-0.05, 0) is 89.1 Å². The Bertz CT molecular complexity index is 1730. The molecule has 4 aromatic carbocycles. The summed E-state index contributed by atoms with van der Waals surface area (Å²) in [7, 11) is 9.32. The van der Waals surface area contributed by atoms with Crippen LogP contribution >= 0.6 is 17.5 Å².